The number of esters is 3. The molecule has 0 aromatic rings. The van der Waals surface area contributed by atoms with Gasteiger partial charge >= 0.3 is 23.9 Å². The highest BCUT2D eigenvalue weighted by molar-refractivity contribution is 5.74. The lowest BCUT2D eigenvalue weighted by atomic mass is 9.98. The maximum Gasteiger partial charge on any atom is 0.335 e. The number of carboxylic acids is 1. The minimum atomic E-state index is -1.92. The third-order valence-corrected chi connectivity index (χ3v) is 12.8. The van der Waals surface area contributed by atoms with E-state index in [0.29, 0.717) is 19.3 Å². The third kappa shape index (κ3) is 42.1. The second kappa shape index (κ2) is 52.1. The Kier molecular flexibility index (Phi) is 47.6. The zero-order chi connectivity index (χ0) is 56.1. The normalized spacial score (nSPS) is 18.8. The largest absolute Gasteiger partial charge is 0.479 e. The van der Waals surface area contributed by atoms with Crippen molar-refractivity contribution in [2.24, 2.45) is 0 Å². The second-order valence-corrected chi connectivity index (χ2v) is 19.9. The average molecular weight is 1080 g/mol. The average Bonchev–Trinajstić information content (AvgIpc) is 3.42. The number of hydrogen-bond acceptors (Lipinski definition) is 11. The minimum Gasteiger partial charge on any atom is -0.479 e. The van der Waals surface area contributed by atoms with Crippen molar-refractivity contribution in [3.05, 3.63) is 109 Å². The maximum atomic E-state index is 13.2. The summed E-state index contributed by atoms with van der Waals surface area (Å²) in [6.45, 7) is 5.68. The van der Waals surface area contributed by atoms with E-state index in [1.165, 1.54) is 12.8 Å². The van der Waals surface area contributed by atoms with Crippen LogP contribution in [0.25, 0.3) is 0 Å². The second-order valence-electron chi connectivity index (χ2n) is 19.9. The summed E-state index contributed by atoms with van der Waals surface area (Å²) < 4.78 is 28.4. The molecule has 0 spiro atoms. The van der Waals surface area contributed by atoms with Crippen LogP contribution in [0.4, 0.5) is 0 Å². The van der Waals surface area contributed by atoms with Gasteiger partial charge in [0.1, 0.15) is 18.8 Å². The van der Waals surface area contributed by atoms with Gasteiger partial charge in [0.2, 0.25) is 0 Å². The van der Waals surface area contributed by atoms with Gasteiger partial charge in [-0.25, -0.2) is 4.79 Å². The lowest BCUT2D eigenvalue weighted by molar-refractivity contribution is -0.301. The highest BCUT2D eigenvalue weighted by Crippen LogP contribution is 2.26. The van der Waals surface area contributed by atoms with Crippen molar-refractivity contribution < 1.29 is 58.2 Å². The Morgan fingerprint density at radius 2 is 0.818 bits per heavy atom. The Bertz CT molecular complexity index is 1750. The molecule has 436 valence electrons. The molecule has 12 heteroatoms. The number of aliphatic hydroxyl groups excluding tert-OH is 2. The monoisotopic (exact) mass is 1080 g/mol. The molecule has 0 saturated carbocycles. The molecule has 1 fully saturated rings. The molecule has 0 amide bonds. The van der Waals surface area contributed by atoms with Crippen LogP contribution >= 0.6 is 0 Å². The predicted molar refractivity (Wildman–Crippen MR) is 312 cm³/mol. The molecule has 0 aromatic carbocycles. The lowest BCUT2D eigenvalue weighted by Crippen LogP contribution is -2.61. The molecule has 1 aliphatic heterocycles. The number of aliphatic hydroxyl groups is 2. The summed E-state index contributed by atoms with van der Waals surface area (Å²) in [5.41, 5.74) is 0. The van der Waals surface area contributed by atoms with Crippen LogP contribution in [-0.4, -0.2) is 89.2 Å². The smallest absolute Gasteiger partial charge is 0.335 e. The molecule has 0 aromatic heterocycles. The van der Waals surface area contributed by atoms with E-state index in [9.17, 15) is 34.5 Å². The van der Waals surface area contributed by atoms with E-state index >= 15 is 0 Å². The topological polar surface area (TPSA) is 175 Å². The van der Waals surface area contributed by atoms with Crippen LogP contribution in [0.3, 0.4) is 0 Å². The Morgan fingerprint density at radius 3 is 1.26 bits per heavy atom. The van der Waals surface area contributed by atoms with Crippen LogP contribution in [0, 0.1) is 0 Å². The number of carboxylic acid groups (broad SMARTS) is 1. The number of rotatable bonds is 49. The predicted octanol–water partition coefficient (Wildman–Crippen LogP) is 15.4. The van der Waals surface area contributed by atoms with Crippen molar-refractivity contribution >= 4 is 23.9 Å². The van der Waals surface area contributed by atoms with Crippen molar-refractivity contribution in [3.8, 4) is 0 Å². The number of carbonyl (C=O) groups is 4. The van der Waals surface area contributed by atoms with Gasteiger partial charge in [0, 0.05) is 19.3 Å². The minimum absolute atomic E-state index is 0.0403. The van der Waals surface area contributed by atoms with Gasteiger partial charge in [0.15, 0.2) is 24.6 Å². The molecule has 0 bridgehead atoms. The van der Waals surface area contributed by atoms with Gasteiger partial charge in [0.25, 0.3) is 0 Å². The van der Waals surface area contributed by atoms with E-state index in [4.69, 9.17) is 23.7 Å². The first-order valence-corrected chi connectivity index (χ1v) is 29.9. The molecule has 3 N–H and O–H groups in total. The van der Waals surface area contributed by atoms with E-state index in [1.807, 2.05) is 0 Å². The Hall–Kier alpha value is -4.62. The van der Waals surface area contributed by atoms with E-state index in [1.54, 1.807) is 0 Å². The summed E-state index contributed by atoms with van der Waals surface area (Å²) in [5, 5.41) is 31.4. The molecular formula is C65H104O12. The van der Waals surface area contributed by atoms with Crippen LogP contribution in [0.2, 0.25) is 0 Å². The lowest BCUT2D eigenvalue weighted by Gasteiger charge is -2.40. The Balaban J connectivity index is 2.71. The van der Waals surface area contributed by atoms with Crippen LogP contribution in [0.5, 0.6) is 0 Å². The third-order valence-electron chi connectivity index (χ3n) is 12.8. The van der Waals surface area contributed by atoms with Crippen molar-refractivity contribution in [1.29, 1.82) is 0 Å². The van der Waals surface area contributed by atoms with Gasteiger partial charge in [0.05, 0.1) is 6.61 Å². The van der Waals surface area contributed by atoms with Crippen LogP contribution < -0.4 is 0 Å². The summed E-state index contributed by atoms with van der Waals surface area (Å²) >= 11 is 0. The van der Waals surface area contributed by atoms with Crippen LogP contribution in [0.15, 0.2) is 109 Å². The van der Waals surface area contributed by atoms with Crippen molar-refractivity contribution in [2.75, 3.05) is 13.2 Å². The van der Waals surface area contributed by atoms with E-state index < -0.39 is 67.3 Å². The van der Waals surface area contributed by atoms with E-state index in [-0.39, 0.29) is 25.9 Å². The first-order chi connectivity index (χ1) is 37.6. The van der Waals surface area contributed by atoms with Crippen molar-refractivity contribution in [2.45, 2.75) is 263 Å². The summed E-state index contributed by atoms with van der Waals surface area (Å²) in [5.74, 6) is -3.19. The molecule has 0 aliphatic carbocycles. The molecule has 1 saturated heterocycles. The van der Waals surface area contributed by atoms with Gasteiger partial charge in [-0.3, -0.25) is 14.4 Å². The number of aliphatic carboxylic acids is 1. The van der Waals surface area contributed by atoms with Gasteiger partial charge in [-0.05, 0) is 116 Å². The number of ether oxygens (including phenoxy) is 5. The Labute approximate surface area is 465 Å². The molecule has 0 radical (unpaired) electrons. The zero-order valence-corrected chi connectivity index (χ0v) is 47.9. The van der Waals surface area contributed by atoms with Crippen LogP contribution in [-0.2, 0) is 42.9 Å². The molecule has 6 unspecified atom stereocenters. The summed E-state index contributed by atoms with van der Waals surface area (Å²) in [6.07, 6.45) is 57.7. The SMILES string of the molecule is CC/C=C\C/C=C\C/C=C\C/C=C\CCCCCCCCC(=O)OCC(COC1OC(C(=O)O)C(O)C(O)C1OC(=O)CCCCCCC/C=C\CCCC)OC(=O)CCCCCC/C=C\C/C=C\C/C=C\C/C=C\CC. The molecule has 1 heterocycles. The number of hydrogen-bond donors (Lipinski definition) is 3. The van der Waals surface area contributed by atoms with E-state index in [0.717, 1.165) is 154 Å². The van der Waals surface area contributed by atoms with Gasteiger partial charge in [-0.15, -0.1) is 0 Å². The fourth-order valence-corrected chi connectivity index (χ4v) is 8.27. The number of unbranched alkanes of at least 4 members (excludes halogenated alkanes) is 17. The highest BCUT2D eigenvalue weighted by Gasteiger charge is 2.50. The quantitative estimate of drug-likeness (QED) is 0.0228. The summed E-state index contributed by atoms with van der Waals surface area (Å²) in [4.78, 5) is 51.1. The molecule has 1 aliphatic rings. The van der Waals surface area contributed by atoms with Crippen molar-refractivity contribution in [3.63, 3.8) is 0 Å². The van der Waals surface area contributed by atoms with E-state index in [2.05, 4.69) is 130 Å². The maximum absolute atomic E-state index is 13.2. The number of carbonyl (C=O) groups excluding carboxylic acids is 3. The van der Waals surface area contributed by atoms with Gasteiger partial charge < -0.3 is 39.0 Å². The summed E-state index contributed by atoms with van der Waals surface area (Å²) in [6, 6.07) is 0. The van der Waals surface area contributed by atoms with Gasteiger partial charge in [-0.1, -0.05) is 201 Å². The van der Waals surface area contributed by atoms with Crippen LogP contribution in [0.1, 0.15) is 226 Å². The standard InChI is InChI=1S/C65H104O12/c1-4-7-10-13-16-19-22-24-26-28-29-31-32-34-37-39-42-45-48-51-57(66)73-54-56(75-58(67)52-49-46-43-41-38-35-33-30-27-25-23-20-17-14-11-8-5-2)55-74-65-63(61(70)60(69)62(77-65)64(71)72)76-59(68)53-50-47-44-40-36-21-18-15-12-9-6-3/h7-8,10-11,15-20,24-27,29,31,33,35,56,60-63,65,69-70H,4-6,9,12-14,21-23,28,30,32,34,36-55H2,1-3H3,(H,71,72)/b10-7-,11-8-,18-15-,19-16-,20-17-,26-24-,27-25-,31-29-,35-33-. The highest BCUT2D eigenvalue weighted by atomic mass is 16.7. The first-order valence-electron chi connectivity index (χ1n) is 29.9. The summed E-state index contributed by atoms with van der Waals surface area (Å²) in [7, 11) is 0. The zero-order valence-electron chi connectivity index (χ0n) is 47.9. The fraction of sp³-hybridized carbons (Fsp3) is 0.662. The van der Waals surface area contributed by atoms with Crippen molar-refractivity contribution in [1.82, 2.24) is 0 Å². The molecule has 77 heavy (non-hydrogen) atoms. The first kappa shape index (κ1) is 70.4. The number of allylic oxidation sites excluding steroid dienone is 18. The fourth-order valence-electron chi connectivity index (χ4n) is 8.27. The molecule has 6 atom stereocenters. The molecule has 12 nitrogen and oxygen atoms in total. The molecular weight excluding hydrogens is 973 g/mol. The van der Waals surface area contributed by atoms with Gasteiger partial charge in [-0.2, -0.15) is 0 Å². The Morgan fingerprint density at radius 1 is 0.442 bits per heavy atom. The molecule has 1 rings (SSSR count).